The zero-order valence-electron chi connectivity index (χ0n) is 17.1. The number of nitrogens with one attached hydrogen (secondary N) is 2. The quantitative estimate of drug-likeness (QED) is 0.738. The number of fused-ring (bicyclic) bond motifs is 3. The van der Waals surface area contributed by atoms with Gasteiger partial charge in [-0.3, -0.25) is 9.59 Å². The molecule has 0 heterocycles. The van der Waals surface area contributed by atoms with E-state index in [4.69, 9.17) is 4.74 Å². The third-order valence-electron chi connectivity index (χ3n) is 5.28. The molecule has 6 nitrogen and oxygen atoms in total. The summed E-state index contributed by atoms with van der Waals surface area (Å²) >= 11 is 0. The first-order chi connectivity index (χ1) is 13.8. The van der Waals surface area contributed by atoms with E-state index in [1.807, 2.05) is 62.4 Å². The highest BCUT2D eigenvalue weighted by Crippen LogP contribution is 2.46. The average molecular weight is 394 g/mol. The Hall–Kier alpha value is -3.15. The van der Waals surface area contributed by atoms with Crippen LogP contribution >= 0.6 is 0 Å². The summed E-state index contributed by atoms with van der Waals surface area (Å²) in [5.74, 6) is -1.75. The second-order valence-electron chi connectivity index (χ2n) is 7.58. The molecule has 2 N–H and O–H groups in total. The molecule has 29 heavy (non-hydrogen) atoms. The second kappa shape index (κ2) is 8.47. The van der Waals surface area contributed by atoms with Crippen LogP contribution in [0.1, 0.15) is 37.8 Å². The topological polar surface area (TPSA) is 84.5 Å². The SMILES string of the molecule is COC(=O)[C@@H](NC(=O)[C@H](NC(C)=O)C(C)C)C1c2ccccc2-c2ccccc21. The zero-order valence-corrected chi connectivity index (χ0v) is 17.1. The summed E-state index contributed by atoms with van der Waals surface area (Å²) in [7, 11) is 1.31. The third-order valence-corrected chi connectivity index (χ3v) is 5.28. The summed E-state index contributed by atoms with van der Waals surface area (Å²) in [6.07, 6.45) is 0. The van der Waals surface area contributed by atoms with Gasteiger partial charge in [-0.15, -0.1) is 0 Å². The van der Waals surface area contributed by atoms with Crippen molar-refractivity contribution in [2.45, 2.75) is 38.8 Å². The highest BCUT2D eigenvalue weighted by Gasteiger charge is 2.40. The normalized spacial score (nSPS) is 14.5. The molecule has 0 radical (unpaired) electrons. The minimum absolute atomic E-state index is 0.139. The Labute approximate surface area is 170 Å². The lowest BCUT2D eigenvalue weighted by Crippen LogP contribution is -2.55. The van der Waals surface area contributed by atoms with Crippen LogP contribution in [0.4, 0.5) is 0 Å². The van der Waals surface area contributed by atoms with Gasteiger partial charge in [-0.05, 0) is 28.2 Å². The molecule has 2 atom stereocenters. The van der Waals surface area contributed by atoms with E-state index in [1.54, 1.807) is 0 Å². The Bertz CT molecular complexity index is 892. The predicted octanol–water partition coefficient (Wildman–Crippen LogP) is 2.62. The van der Waals surface area contributed by atoms with E-state index in [2.05, 4.69) is 10.6 Å². The van der Waals surface area contributed by atoms with Crippen LogP contribution in [-0.2, 0) is 19.1 Å². The smallest absolute Gasteiger partial charge is 0.329 e. The number of methoxy groups -OCH3 is 1. The first-order valence-corrected chi connectivity index (χ1v) is 9.68. The fraction of sp³-hybridized carbons (Fsp3) is 0.348. The molecule has 6 heteroatoms. The number of hydrogen-bond donors (Lipinski definition) is 2. The van der Waals surface area contributed by atoms with Gasteiger partial charge >= 0.3 is 5.97 Å². The van der Waals surface area contributed by atoms with Crippen molar-refractivity contribution >= 4 is 17.8 Å². The molecule has 2 amide bonds. The first kappa shape index (κ1) is 20.6. The van der Waals surface area contributed by atoms with Gasteiger partial charge in [-0.2, -0.15) is 0 Å². The van der Waals surface area contributed by atoms with Crippen LogP contribution in [0.15, 0.2) is 48.5 Å². The summed E-state index contributed by atoms with van der Waals surface area (Å²) in [6.45, 7) is 5.05. The molecule has 0 fully saturated rings. The molecule has 2 aromatic carbocycles. The fourth-order valence-corrected chi connectivity index (χ4v) is 3.96. The Morgan fingerprint density at radius 1 is 0.897 bits per heavy atom. The molecule has 0 saturated heterocycles. The summed E-state index contributed by atoms with van der Waals surface area (Å²) in [4.78, 5) is 37.3. The van der Waals surface area contributed by atoms with Crippen molar-refractivity contribution in [1.29, 1.82) is 0 Å². The maximum Gasteiger partial charge on any atom is 0.329 e. The molecular weight excluding hydrogens is 368 g/mol. The summed E-state index contributed by atoms with van der Waals surface area (Å²) in [6, 6.07) is 14.1. The zero-order chi connectivity index (χ0) is 21.1. The average Bonchev–Trinajstić information content (AvgIpc) is 3.03. The van der Waals surface area contributed by atoms with Gasteiger partial charge < -0.3 is 15.4 Å². The van der Waals surface area contributed by atoms with E-state index >= 15 is 0 Å². The molecule has 3 rings (SSSR count). The van der Waals surface area contributed by atoms with Crippen LogP contribution in [0.5, 0.6) is 0 Å². The number of esters is 1. The van der Waals surface area contributed by atoms with E-state index in [0.29, 0.717) is 0 Å². The van der Waals surface area contributed by atoms with Crippen molar-refractivity contribution in [2.24, 2.45) is 5.92 Å². The van der Waals surface area contributed by atoms with Crippen LogP contribution in [0.25, 0.3) is 11.1 Å². The van der Waals surface area contributed by atoms with Crippen LogP contribution in [0.3, 0.4) is 0 Å². The summed E-state index contributed by atoms with van der Waals surface area (Å²) in [5.41, 5.74) is 4.01. The minimum atomic E-state index is -0.910. The fourth-order valence-electron chi connectivity index (χ4n) is 3.96. The van der Waals surface area contributed by atoms with Gasteiger partial charge in [0, 0.05) is 12.8 Å². The van der Waals surface area contributed by atoms with Gasteiger partial charge in [0.15, 0.2) is 0 Å². The summed E-state index contributed by atoms with van der Waals surface area (Å²) < 4.78 is 5.04. The van der Waals surface area contributed by atoms with Crippen LogP contribution in [0.2, 0.25) is 0 Å². The van der Waals surface area contributed by atoms with Crippen molar-refractivity contribution in [1.82, 2.24) is 10.6 Å². The van der Waals surface area contributed by atoms with Gasteiger partial charge in [0.25, 0.3) is 0 Å². The van der Waals surface area contributed by atoms with Gasteiger partial charge in [-0.1, -0.05) is 62.4 Å². The molecule has 0 unspecified atom stereocenters. The number of hydrogen-bond acceptors (Lipinski definition) is 4. The minimum Gasteiger partial charge on any atom is -0.467 e. The highest BCUT2D eigenvalue weighted by molar-refractivity contribution is 5.92. The Morgan fingerprint density at radius 3 is 1.86 bits per heavy atom. The molecule has 0 aromatic heterocycles. The predicted molar refractivity (Wildman–Crippen MR) is 110 cm³/mol. The summed E-state index contributed by atoms with van der Waals surface area (Å²) in [5, 5.41) is 5.52. The number of carbonyl (C=O) groups excluding carboxylic acids is 3. The number of rotatable bonds is 6. The van der Waals surface area contributed by atoms with Crippen LogP contribution in [0, 0.1) is 5.92 Å². The van der Waals surface area contributed by atoms with Crippen molar-refractivity contribution in [3.8, 4) is 11.1 Å². The molecule has 1 aliphatic carbocycles. The second-order valence-corrected chi connectivity index (χ2v) is 7.58. The van der Waals surface area contributed by atoms with Crippen molar-refractivity contribution < 1.29 is 19.1 Å². The standard InChI is InChI=1S/C23H26N2O4/c1-13(2)20(24-14(3)26)22(27)25-21(23(28)29-4)19-17-11-7-5-9-15(17)16-10-6-8-12-18(16)19/h5-13,19-21H,1-4H3,(H,24,26)(H,25,27)/t20-,21+/m1/s1. The Kier molecular flexibility index (Phi) is 6.01. The Morgan fingerprint density at radius 2 is 1.41 bits per heavy atom. The highest BCUT2D eigenvalue weighted by atomic mass is 16.5. The van der Waals surface area contributed by atoms with E-state index in [-0.39, 0.29) is 17.7 Å². The molecule has 0 spiro atoms. The number of benzene rings is 2. The van der Waals surface area contributed by atoms with E-state index in [1.165, 1.54) is 14.0 Å². The lowest BCUT2D eigenvalue weighted by molar-refractivity contribution is -0.146. The monoisotopic (exact) mass is 394 g/mol. The molecule has 0 saturated carbocycles. The largest absolute Gasteiger partial charge is 0.467 e. The van der Waals surface area contributed by atoms with Gasteiger partial charge in [0.05, 0.1) is 7.11 Å². The maximum atomic E-state index is 13.0. The molecule has 2 aromatic rings. The molecule has 152 valence electrons. The van der Waals surface area contributed by atoms with E-state index < -0.39 is 24.0 Å². The van der Waals surface area contributed by atoms with Gasteiger partial charge in [0.2, 0.25) is 11.8 Å². The van der Waals surface area contributed by atoms with Crippen molar-refractivity contribution in [3.05, 3.63) is 59.7 Å². The maximum absolute atomic E-state index is 13.0. The number of ether oxygens (including phenoxy) is 1. The lowest BCUT2D eigenvalue weighted by atomic mass is 9.88. The van der Waals surface area contributed by atoms with Gasteiger partial charge in [-0.25, -0.2) is 4.79 Å². The molecular formula is C23H26N2O4. The Balaban J connectivity index is 2.01. The third kappa shape index (κ3) is 4.01. The van der Waals surface area contributed by atoms with Crippen molar-refractivity contribution in [2.75, 3.05) is 7.11 Å². The lowest BCUT2D eigenvalue weighted by Gasteiger charge is -2.28. The number of carbonyl (C=O) groups is 3. The molecule has 1 aliphatic rings. The number of amides is 2. The van der Waals surface area contributed by atoms with E-state index in [0.717, 1.165) is 22.3 Å². The molecule has 0 aliphatic heterocycles. The van der Waals surface area contributed by atoms with Crippen molar-refractivity contribution in [3.63, 3.8) is 0 Å². The molecule has 0 bridgehead atoms. The van der Waals surface area contributed by atoms with Crippen LogP contribution < -0.4 is 10.6 Å². The van der Waals surface area contributed by atoms with Crippen LogP contribution in [-0.4, -0.2) is 37.0 Å². The first-order valence-electron chi connectivity index (χ1n) is 9.68. The van der Waals surface area contributed by atoms with Gasteiger partial charge in [0.1, 0.15) is 12.1 Å². The van der Waals surface area contributed by atoms with E-state index in [9.17, 15) is 14.4 Å².